The molecule has 0 spiro atoms. The minimum Gasteiger partial charge on any atom is -0.365 e. The van der Waals surface area contributed by atoms with E-state index in [4.69, 9.17) is 28.9 Å². The number of nitrogens with two attached hydrogens (primary N) is 1. The Morgan fingerprint density at radius 1 is 1.14 bits per heavy atom. The molecule has 1 aromatic carbocycles. The highest BCUT2D eigenvalue weighted by molar-refractivity contribution is 6.42. The van der Waals surface area contributed by atoms with Crippen molar-refractivity contribution in [3.8, 4) is 11.3 Å². The lowest BCUT2D eigenvalue weighted by molar-refractivity contribution is -0.112. The van der Waals surface area contributed by atoms with E-state index in [0.29, 0.717) is 21.3 Å². The van der Waals surface area contributed by atoms with Crippen molar-refractivity contribution in [3.05, 3.63) is 46.3 Å². The van der Waals surface area contributed by atoms with Crippen molar-refractivity contribution in [1.29, 1.82) is 0 Å². The number of amides is 2. The quantitative estimate of drug-likeness (QED) is 0.870. The van der Waals surface area contributed by atoms with Crippen LogP contribution in [0.4, 0.5) is 0 Å². The maximum Gasteiger partial charge on any atom is 0.296 e. The third-order valence-electron chi connectivity index (χ3n) is 2.73. The number of rotatable bonds is 3. The lowest BCUT2D eigenvalue weighted by atomic mass is 10.1. The molecule has 2 N–H and O–H groups in total. The van der Waals surface area contributed by atoms with Crippen molar-refractivity contribution in [2.75, 3.05) is 0 Å². The molecule has 112 valence electrons. The second kappa shape index (κ2) is 6.64. The van der Waals surface area contributed by atoms with Crippen LogP contribution in [0.1, 0.15) is 17.4 Å². The first kappa shape index (κ1) is 16.1. The van der Waals surface area contributed by atoms with E-state index in [1.165, 1.54) is 19.3 Å². The van der Waals surface area contributed by atoms with Crippen molar-refractivity contribution >= 4 is 40.7 Å². The Morgan fingerprint density at radius 2 is 1.86 bits per heavy atom. The summed E-state index contributed by atoms with van der Waals surface area (Å²) in [4.78, 5) is 34.3. The first-order valence-corrected chi connectivity index (χ1v) is 6.81. The van der Waals surface area contributed by atoms with Crippen molar-refractivity contribution < 1.29 is 9.59 Å². The molecular weight excluding hydrogens is 327 g/mol. The maximum absolute atomic E-state index is 11.9. The Bertz CT molecular complexity index is 790. The van der Waals surface area contributed by atoms with E-state index in [0.717, 1.165) is 0 Å². The van der Waals surface area contributed by atoms with Crippen molar-refractivity contribution in [3.63, 3.8) is 0 Å². The Hall–Kier alpha value is -2.31. The van der Waals surface area contributed by atoms with Crippen LogP contribution in [-0.2, 0) is 4.79 Å². The van der Waals surface area contributed by atoms with Gasteiger partial charge in [-0.15, -0.1) is 0 Å². The van der Waals surface area contributed by atoms with Gasteiger partial charge in [-0.3, -0.25) is 9.59 Å². The molecule has 0 aliphatic heterocycles. The first-order chi connectivity index (χ1) is 10.4. The number of benzene rings is 1. The zero-order valence-electron chi connectivity index (χ0n) is 11.4. The average Bonchev–Trinajstić information content (AvgIpc) is 2.50. The maximum atomic E-state index is 11.9. The van der Waals surface area contributed by atoms with Gasteiger partial charge >= 0.3 is 0 Å². The van der Waals surface area contributed by atoms with E-state index in [2.05, 4.69) is 15.0 Å². The first-order valence-electron chi connectivity index (χ1n) is 6.05. The molecule has 0 radical (unpaired) electrons. The molecule has 6 nitrogen and oxygen atoms in total. The number of carbonyl (C=O) groups is 2. The van der Waals surface area contributed by atoms with Gasteiger partial charge < -0.3 is 5.73 Å². The second-order valence-corrected chi connectivity index (χ2v) is 5.10. The van der Waals surface area contributed by atoms with Gasteiger partial charge in [-0.05, 0) is 25.1 Å². The fraction of sp³-hybridized carbons (Fsp3) is 0.0714. The van der Waals surface area contributed by atoms with E-state index >= 15 is 0 Å². The average molecular weight is 337 g/mol. The Morgan fingerprint density at radius 3 is 2.50 bits per heavy atom. The standard InChI is InChI=1S/C14H10Cl2N4O2/c1-7(13(17)21)20-14(22)12-5-11(18-6-19-12)8-2-3-9(15)10(16)4-8/h2-6H,1H3,(H2,17,21). The molecule has 2 amide bonds. The summed E-state index contributed by atoms with van der Waals surface area (Å²) in [5.41, 5.74) is 6.12. The summed E-state index contributed by atoms with van der Waals surface area (Å²) in [6, 6.07) is 6.40. The van der Waals surface area contributed by atoms with E-state index in [1.54, 1.807) is 18.2 Å². The van der Waals surface area contributed by atoms with Crippen LogP contribution >= 0.6 is 23.2 Å². The summed E-state index contributed by atoms with van der Waals surface area (Å²) in [5.74, 6) is -1.45. The molecule has 8 heteroatoms. The fourth-order valence-electron chi connectivity index (χ4n) is 1.55. The number of hydrogen-bond donors (Lipinski definition) is 1. The number of aromatic nitrogens is 2. The predicted octanol–water partition coefficient (Wildman–Crippen LogP) is 2.54. The molecule has 0 aliphatic carbocycles. The minimum atomic E-state index is -0.771. The molecule has 1 aromatic heterocycles. The van der Waals surface area contributed by atoms with Crippen LogP contribution in [0.15, 0.2) is 35.6 Å². The third kappa shape index (κ3) is 3.66. The number of primary amides is 1. The van der Waals surface area contributed by atoms with Gasteiger partial charge in [-0.25, -0.2) is 15.0 Å². The predicted molar refractivity (Wildman–Crippen MR) is 84.1 cm³/mol. The zero-order chi connectivity index (χ0) is 16.3. The number of hydrogen-bond acceptors (Lipinski definition) is 4. The molecule has 0 saturated carbocycles. The monoisotopic (exact) mass is 336 g/mol. The number of nitrogens with zero attached hydrogens (tertiary/aromatic N) is 3. The normalized spacial score (nSPS) is 11.3. The van der Waals surface area contributed by atoms with Crippen LogP contribution in [0.3, 0.4) is 0 Å². The molecule has 22 heavy (non-hydrogen) atoms. The summed E-state index contributed by atoms with van der Waals surface area (Å²) < 4.78 is 0. The summed E-state index contributed by atoms with van der Waals surface area (Å²) >= 11 is 11.8. The summed E-state index contributed by atoms with van der Waals surface area (Å²) in [5, 5.41) is 0.783. The lowest BCUT2D eigenvalue weighted by Crippen LogP contribution is -2.21. The largest absolute Gasteiger partial charge is 0.365 e. The van der Waals surface area contributed by atoms with Crippen LogP contribution in [0.25, 0.3) is 11.3 Å². The highest BCUT2D eigenvalue weighted by Gasteiger charge is 2.11. The molecule has 0 saturated heterocycles. The minimum absolute atomic E-state index is 0.0386. The molecule has 0 atom stereocenters. The summed E-state index contributed by atoms with van der Waals surface area (Å²) in [6.07, 6.45) is 1.22. The Kier molecular flexibility index (Phi) is 4.85. The van der Waals surface area contributed by atoms with Gasteiger partial charge in [-0.2, -0.15) is 0 Å². The van der Waals surface area contributed by atoms with Gasteiger partial charge in [0, 0.05) is 5.56 Å². The molecule has 2 rings (SSSR count). The van der Waals surface area contributed by atoms with Gasteiger partial charge in [-0.1, -0.05) is 29.3 Å². The van der Waals surface area contributed by atoms with Gasteiger partial charge in [0.05, 0.1) is 15.7 Å². The van der Waals surface area contributed by atoms with Crippen molar-refractivity contribution in [1.82, 2.24) is 9.97 Å². The third-order valence-corrected chi connectivity index (χ3v) is 3.47. The van der Waals surface area contributed by atoms with Gasteiger partial charge in [0.15, 0.2) is 0 Å². The number of aliphatic imine (C=N–C) groups is 1. The van der Waals surface area contributed by atoms with Gasteiger partial charge in [0.2, 0.25) is 0 Å². The number of carbonyl (C=O) groups excluding carboxylic acids is 2. The highest BCUT2D eigenvalue weighted by atomic mass is 35.5. The van der Waals surface area contributed by atoms with E-state index < -0.39 is 11.8 Å². The SMILES string of the molecule is CC(=NC(=O)c1cc(-c2ccc(Cl)c(Cl)c2)ncn1)C(N)=O. The van der Waals surface area contributed by atoms with Crippen LogP contribution in [0.5, 0.6) is 0 Å². The molecule has 1 heterocycles. The van der Waals surface area contributed by atoms with Crippen LogP contribution in [0, 0.1) is 0 Å². The smallest absolute Gasteiger partial charge is 0.296 e. The second-order valence-electron chi connectivity index (χ2n) is 4.28. The summed E-state index contributed by atoms with van der Waals surface area (Å²) in [7, 11) is 0. The van der Waals surface area contributed by atoms with Crippen LogP contribution < -0.4 is 5.73 Å². The highest BCUT2D eigenvalue weighted by Crippen LogP contribution is 2.27. The Balaban J connectivity index is 2.38. The topological polar surface area (TPSA) is 98.3 Å². The van der Waals surface area contributed by atoms with Gasteiger partial charge in [0.25, 0.3) is 11.8 Å². The molecule has 0 unspecified atom stereocenters. The van der Waals surface area contributed by atoms with Crippen molar-refractivity contribution in [2.24, 2.45) is 10.7 Å². The molecule has 0 bridgehead atoms. The van der Waals surface area contributed by atoms with Gasteiger partial charge in [0.1, 0.15) is 17.7 Å². The van der Waals surface area contributed by atoms with Crippen LogP contribution in [0.2, 0.25) is 10.0 Å². The number of halogens is 2. The molecule has 0 fully saturated rings. The van der Waals surface area contributed by atoms with Crippen molar-refractivity contribution in [2.45, 2.75) is 6.92 Å². The molecule has 2 aromatic rings. The molecular formula is C14H10Cl2N4O2. The lowest BCUT2D eigenvalue weighted by Gasteiger charge is -2.03. The molecule has 0 aliphatic rings. The fourth-order valence-corrected chi connectivity index (χ4v) is 1.85. The van der Waals surface area contributed by atoms with E-state index in [9.17, 15) is 9.59 Å². The Labute approximate surface area is 136 Å². The van der Waals surface area contributed by atoms with E-state index in [1.807, 2.05) is 0 Å². The van der Waals surface area contributed by atoms with Crippen LogP contribution in [-0.4, -0.2) is 27.5 Å². The summed E-state index contributed by atoms with van der Waals surface area (Å²) in [6.45, 7) is 1.35. The zero-order valence-corrected chi connectivity index (χ0v) is 12.9. The van der Waals surface area contributed by atoms with E-state index in [-0.39, 0.29) is 11.4 Å².